The van der Waals surface area contributed by atoms with Gasteiger partial charge in [-0.2, -0.15) is 18.3 Å². The highest BCUT2D eigenvalue weighted by atomic mass is 32.1. The van der Waals surface area contributed by atoms with Crippen LogP contribution in [0.25, 0.3) is 0 Å². The van der Waals surface area contributed by atoms with Gasteiger partial charge in [-0.05, 0) is 63.6 Å². The van der Waals surface area contributed by atoms with Crippen molar-refractivity contribution in [2.75, 3.05) is 26.2 Å². The predicted molar refractivity (Wildman–Crippen MR) is 124 cm³/mol. The Balaban J connectivity index is 1.28. The average Bonchev–Trinajstić information content (AvgIpc) is 3.41. The number of nitrogens with zero attached hydrogens (tertiary/aromatic N) is 3. The second kappa shape index (κ2) is 9.54. The van der Waals surface area contributed by atoms with Crippen molar-refractivity contribution in [1.29, 1.82) is 0 Å². The minimum absolute atomic E-state index is 0.0476. The molecule has 2 aromatic heterocycles. The Kier molecular flexibility index (Phi) is 6.80. The second-order valence-electron chi connectivity index (χ2n) is 10.0. The summed E-state index contributed by atoms with van der Waals surface area (Å²) in [7, 11) is 0. The summed E-state index contributed by atoms with van der Waals surface area (Å²) in [6.07, 6.45) is 3.70. The molecule has 0 bridgehead atoms. The molecule has 2 atom stereocenters. The van der Waals surface area contributed by atoms with Gasteiger partial charge in [-0.3, -0.25) is 9.58 Å². The number of fused-ring (bicyclic) bond motifs is 2. The summed E-state index contributed by atoms with van der Waals surface area (Å²) >= 11 is 0.780. The molecular formula is C24H33F3N4O2S. The van der Waals surface area contributed by atoms with Gasteiger partial charge in [0.2, 0.25) is 0 Å². The Labute approximate surface area is 202 Å². The minimum Gasteiger partial charge on any atom is -0.392 e. The number of piperidine rings is 2. The topological polar surface area (TPSA) is 62.6 Å². The molecular weight excluding hydrogens is 465 g/mol. The van der Waals surface area contributed by atoms with E-state index in [0.29, 0.717) is 42.2 Å². The lowest BCUT2D eigenvalue weighted by molar-refractivity contribution is -0.135. The first kappa shape index (κ1) is 24.2. The monoisotopic (exact) mass is 498 g/mol. The van der Waals surface area contributed by atoms with Crippen LogP contribution < -0.4 is 5.32 Å². The van der Waals surface area contributed by atoms with Gasteiger partial charge in [0.1, 0.15) is 10.5 Å². The summed E-state index contributed by atoms with van der Waals surface area (Å²) in [5.41, 5.74) is 1.18. The zero-order valence-corrected chi connectivity index (χ0v) is 20.4. The van der Waals surface area contributed by atoms with Crippen molar-refractivity contribution in [3.63, 3.8) is 0 Å². The van der Waals surface area contributed by atoms with Gasteiger partial charge in [0.05, 0.1) is 19.4 Å². The smallest absolute Gasteiger partial charge is 0.392 e. The van der Waals surface area contributed by atoms with Crippen LogP contribution in [0, 0.1) is 5.92 Å². The number of hydrogen-bond donors (Lipinski definition) is 2. The molecule has 6 nitrogen and oxygen atoms in total. The van der Waals surface area contributed by atoms with E-state index >= 15 is 0 Å². The first-order chi connectivity index (χ1) is 16.3. The van der Waals surface area contributed by atoms with Gasteiger partial charge in [-0.1, -0.05) is 0 Å². The third-order valence-corrected chi connectivity index (χ3v) is 9.21. The maximum Gasteiger partial charge on any atom is 0.425 e. The van der Waals surface area contributed by atoms with Crippen LogP contribution in [0.3, 0.4) is 0 Å². The van der Waals surface area contributed by atoms with E-state index in [0.717, 1.165) is 44.1 Å². The number of nitrogens with one attached hydrogen (secondary N) is 1. The molecule has 0 saturated carbocycles. The zero-order valence-electron chi connectivity index (χ0n) is 19.5. The largest absolute Gasteiger partial charge is 0.425 e. The fraction of sp³-hybridized carbons (Fsp3) is 0.708. The molecule has 10 heteroatoms. The van der Waals surface area contributed by atoms with Crippen LogP contribution in [0.2, 0.25) is 0 Å². The van der Waals surface area contributed by atoms with Crippen LogP contribution in [0.1, 0.15) is 59.1 Å². The summed E-state index contributed by atoms with van der Waals surface area (Å²) in [6, 6.07) is 0.154. The van der Waals surface area contributed by atoms with E-state index in [1.54, 1.807) is 0 Å². The summed E-state index contributed by atoms with van der Waals surface area (Å²) in [5, 5.41) is 17.7. The van der Waals surface area contributed by atoms with Gasteiger partial charge in [0, 0.05) is 47.9 Å². The van der Waals surface area contributed by atoms with Crippen molar-refractivity contribution >= 4 is 11.3 Å². The molecule has 0 amide bonds. The first-order valence-corrected chi connectivity index (χ1v) is 13.0. The zero-order chi connectivity index (χ0) is 23.9. The number of aromatic nitrogens is 2. The average molecular weight is 499 g/mol. The van der Waals surface area contributed by atoms with E-state index in [-0.39, 0.29) is 11.6 Å². The molecule has 0 unspecified atom stereocenters. The maximum atomic E-state index is 13.6. The fourth-order valence-corrected chi connectivity index (χ4v) is 7.33. The third-order valence-electron chi connectivity index (χ3n) is 7.70. The van der Waals surface area contributed by atoms with E-state index in [2.05, 4.69) is 33.1 Å². The van der Waals surface area contributed by atoms with Crippen molar-refractivity contribution < 1.29 is 23.0 Å². The molecule has 188 valence electrons. The van der Waals surface area contributed by atoms with Gasteiger partial charge in [-0.15, -0.1) is 11.3 Å². The van der Waals surface area contributed by atoms with Crippen LogP contribution in [0.15, 0.2) is 12.4 Å². The molecule has 2 saturated heterocycles. The number of rotatable bonds is 5. The Morgan fingerprint density at radius 3 is 2.82 bits per heavy atom. The molecule has 5 rings (SSSR count). The van der Waals surface area contributed by atoms with Crippen LogP contribution in [0.5, 0.6) is 0 Å². The molecule has 5 heterocycles. The molecule has 0 aromatic carbocycles. The summed E-state index contributed by atoms with van der Waals surface area (Å²) in [5.74, 6) is 0.664. The Bertz CT molecular complexity index is 1000. The summed E-state index contributed by atoms with van der Waals surface area (Å²) in [4.78, 5) is 2.39. The molecule has 3 aliphatic rings. The number of halogens is 3. The molecule has 0 radical (unpaired) electrons. The van der Waals surface area contributed by atoms with Gasteiger partial charge in [-0.25, -0.2) is 0 Å². The van der Waals surface area contributed by atoms with E-state index in [1.165, 1.54) is 18.4 Å². The highest BCUT2D eigenvalue weighted by Gasteiger charge is 2.48. The molecule has 3 aliphatic heterocycles. The molecule has 2 fully saturated rings. The van der Waals surface area contributed by atoms with Gasteiger partial charge < -0.3 is 15.2 Å². The van der Waals surface area contributed by atoms with Crippen LogP contribution in [0.4, 0.5) is 13.2 Å². The van der Waals surface area contributed by atoms with E-state index in [1.807, 2.05) is 6.20 Å². The normalized spacial score (nSPS) is 26.8. The second-order valence-corrected chi connectivity index (χ2v) is 11.0. The standard InChI is InChI=1S/C24H33F3N4O2S/c1-16-10-23(21-19(4-9-33-23)20(15-32)22(34-21)24(25,26)27)5-8-30(16)12-18-11-29-31(14-18)13-17-2-6-28-7-3-17/h11,14,16-17,28,32H,2-10,12-13,15H2,1H3/t16-,23+/m0/s1. The minimum atomic E-state index is -4.46. The number of aliphatic hydroxyl groups excluding tert-OH is 1. The lowest BCUT2D eigenvalue weighted by atomic mass is 9.81. The van der Waals surface area contributed by atoms with E-state index in [4.69, 9.17) is 4.74 Å². The maximum absolute atomic E-state index is 13.6. The number of ether oxygens (including phenoxy) is 1. The molecule has 2 aromatic rings. The Hall–Kier alpha value is -1.46. The summed E-state index contributed by atoms with van der Waals surface area (Å²) in [6.45, 7) is 6.55. The van der Waals surface area contributed by atoms with E-state index in [9.17, 15) is 18.3 Å². The van der Waals surface area contributed by atoms with Gasteiger partial charge >= 0.3 is 6.18 Å². The van der Waals surface area contributed by atoms with Crippen molar-refractivity contribution in [2.24, 2.45) is 5.92 Å². The van der Waals surface area contributed by atoms with Crippen molar-refractivity contribution in [3.8, 4) is 0 Å². The number of alkyl halides is 3. The lowest BCUT2D eigenvalue weighted by Crippen LogP contribution is -2.50. The molecule has 2 N–H and O–H groups in total. The van der Waals surface area contributed by atoms with Gasteiger partial charge in [0.25, 0.3) is 0 Å². The van der Waals surface area contributed by atoms with Crippen molar-refractivity contribution in [3.05, 3.63) is 38.8 Å². The summed E-state index contributed by atoms with van der Waals surface area (Å²) < 4.78 is 49.2. The Morgan fingerprint density at radius 2 is 2.12 bits per heavy atom. The number of aliphatic hydroxyl groups is 1. The van der Waals surface area contributed by atoms with Crippen molar-refractivity contribution in [2.45, 2.75) is 76.5 Å². The number of likely N-dealkylation sites (tertiary alicyclic amines) is 1. The number of thiophene rings is 1. The van der Waals surface area contributed by atoms with Gasteiger partial charge in [0.15, 0.2) is 0 Å². The predicted octanol–water partition coefficient (Wildman–Crippen LogP) is 3.91. The van der Waals surface area contributed by atoms with E-state index < -0.39 is 23.3 Å². The highest BCUT2D eigenvalue weighted by Crippen LogP contribution is 2.51. The first-order valence-electron chi connectivity index (χ1n) is 12.2. The van der Waals surface area contributed by atoms with Crippen molar-refractivity contribution in [1.82, 2.24) is 20.0 Å². The SMILES string of the molecule is C[C@H]1C[C@@]2(CCN1Cc1cnn(CC3CCNCC3)c1)OCCc1c2sc(C(F)(F)F)c1CO. The lowest BCUT2D eigenvalue weighted by Gasteiger charge is -2.47. The van der Waals surface area contributed by atoms with Crippen LogP contribution >= 0.6 is 11.3 Å². The fourth-order valence-electron chi connectivity index (χ4n) is 5.92. The van der Waals surface area contributed by atoms with Crippen LogP contribution in [-0.2, 0) is 42.6 Å². The number of hydrogen-bond acceptors (Lipinski definition) is 6. The quantitative estimate of drug-likeness (QED) is 0.655. The molecule has 34 heavy (non-hydrogen) atoms. The van der Waals surface area contributed by atoms with Crippen LogP contribution in [-0.4, -0.2) is 52.1 Å². The highest BCUT2D eigenvalue weighted by molar-refractivity contribution is 7.12. The third kappa shape index (κ3) is 4.67. The Morgan fingerprint density at radius 1 is 1.32 bits per heavy atom. The molecule has 1 spiro atoms. The molecule has 0 aliphatic carbocycles.